The Bertz CT molecular complexity index is 1780. The Morgan fingerprint density at radius 3 is 2.35 bits per heavy atom. The molecule has 1 aliphatic heterocycles. The van der Waals surface area contributed by atoms with E-state index in [1.165, 1.54) is 35.2 Å². The average Bonchev–Trinajstić information content (AvgIpc) is 2.87. The zero-order chi connectivity index (χ0) is 28.7. The summed E-state index contributed by atoms with van der Waals surface area (Å²) < 4.78 is 33.6. The van der Waals surface area contributed by atoms with Gasteiger partial charge in [-0.2, -0.15) is 9.78 Å². The first-order valence-electron chi connectivity index (χ1n) is 11.5. The molecule has 5 rings (SSSR count). The first-order valence-corrected chi connectivity index (χ1v) is 12.3. The first-order chi connectivity index (χ1) is 19.0. The molecule has 0 bridgehead atoms. The van der Waals surface area contributed by atoms with Crippen molar-refractivity contribution >= 4 is 35.1 Å². The highest BCUT2D eigenvalue weighted by Gasteiger charge is 2.26. The van der Waals surface area contributed by atoms with Crippen LogP contribution in [0.4, 0.5) is 8.78 Å². The third-order valence-corrected chi connectivity index (χ3v) is 6.58. The van der Waals surface area contributed by atoms with Crippen molar-refractivity contribution in [1.82, 2.24) is 19.7 Å². The summed E-state index contributed by atoms with van der Waals surface area (Å²) in [6, 6.07) is 10.3. The Kier molecular flexibility index (Phi) is 7.13. The van der Waals surface area contributed by atoms with Gasteiger partial charge in [-0.15, -0.1) is 0 Å². The molecule has 0 aliphatic carbocycles. The van der Waals surface area contributed by atoms with Gasteiger partial charge >= 0.3 is 11.7 Å². The quantitative estimate of drug-likeness (QED) is 0.345. The molecule has 0 radical (unpaired) electrons. The minimum absolute atomic E-state index is 0.0138. The largest absolute Gasteiger partial charge is 0.476 e. The highest BCUT2D eigenvalue weighted by atomic mass is 35.5. The maximum atomic E-state index is 13.6. The fourth-order valence-electron chi connectivity index (χ4n) is 4.25. The van der Waals surface area contributed by atoms with E-state index in [4.69, 9.17) is 33.0 Å². The molecule has 0 saturated heterocycles. The SMILES string of the molecule is O=C(O)c1nn(-c2cc(Cl)c(Oc3ccc4c(c3)CCN(Cc3cc(F)cc(F)c3)C4=O)c(Cl)c2)c(=O)[nH]c1=O. The molecule has 40 heavy (non-hydrogen) atoms. The number of ether oxygens (including phenoxy) is 1. The fourth-order valence-corrected chi connectivity index (χ4v) is 4.80. The number of H-pyrrole nitrogens is 1. The number of aromatic nitrogens is 3. The number of halogens is 4. The summed E-state index contributed by atoms with van der Waals surface area (Å²) in [5, 5.41) is 12.6. The minimum atomic E-state index is -1.64. The van der Waals surface area contributed by atoms with Crippen molar-refractivity contribution in [2.24, 2.45) is 0 Å². The fraction of sp³-hybridized carbons (Fsp3) is 0.115. The second kappa shape index (κ2) is 10.5. The van der Waals surface area contributed by atoms with E-state index in [1.54, 1.807) is 12.1 Å². The number of hydrogen-bond acceptors (Lipinski definition) is 6. The van der Waals surface area contributed by atoms with Crippen LogP contribution in [0.5, 0.6) is 11.5 Å². The average molecular weight is 589 g/mol. The molecule has 1 aliphatic rings. The van der Waals surface area contributed by atoms with Crippen LogP contribution < -0.4 is 16.0 Å². The van der Waals surface area contributed by atoms with E-state index in [1.807, 2.05) is 4.98 Å². The van der Waals surface area contributed by atoms with Crippen LogP contribution in [0.15, 0.2) is 58.1 Å². The van der Waals surface area contributed by atoms with Gasteiger partial charge in [0.05, 0.1) is 15.7 Å². The molecule has 2 N–H and O–H groups in total. The summed E-state index contributed by atoms with van der Waals surface area (Å²) in [5.74, 6) is -3.07. The van der Waals surface area contributed by atoms with Crippen molar-refractivity contribution in [2.75, 3.05) is 6.54 Å². The smallest absolute Gasteiger partial charge is 0.362 e. The highest BCUT2D eigenvalue weighted by Crippen LogP contribution is 2.39. The lowest BCUT2D eigenvalue weighted by atomic mass is 9.98. The second-order valence-electron chi connectivity index (χ2n) is 8.74. The molecule has 3 aromatic carbocycles. The summed E-state index contributed by atoms with van der Waals surface area (Å²) in [5.41, 5.74) is -1.69. The normalized spacial score (nSPS) is 12.8. The lowest BCUT2D eigenvalue weighted by Gasteiger charge is -2.29. The molecule has 10 nitrogen and oxygen atoms in total. The predicted octanol–water partition coefficient (Wildman–Crippen LogP) is 4.19. The second-order valence-corrected chi connectivity index (χ2v) is 9.55. The van der Waals surface area contributed by atoms with Crippen molar-refractivity contribution in [3.63, 3.8) is 0 Å². The topological polar surface area (TPSA) is 135 Å². The minimum Gasteiger partial charge on any atom is -0.476 e. The number of benzene rings is 3. The van der Waals surface area contributed by atoms with Crippen LogP contribution in [0.25, 0.3) is 5.69 Å². The number of carbonyl (C=O) groups excluding carboxylic acids is 1. The number of aromatic amines is 1. The van der Waals surface area contributed by atoms with Gasteiger partial charge in [0.2, 0.25) is 5.69 Å². The summed E-state index contributed by atoms with van der Waals surface area (Å²) in [7, 11) is 0. The zero-order valence-corrected chi connectivity index (χ0v) is 21.6. The van der Waals surface area contributed by atoms with E-state index in [-0.39, 0.29) is 33.9 Å². The van der Waals surface area contributed by atoms with Crippen LogP contribution >= 0.6 is 23.2 Å². The number of aromatic carboxylic acids is 1. The molecular weight excluding hydrogens is 573 g/mol. The van der Waals surface area contributed by atoms with E-state index in [0.29, 0.717) is 40.1 Å². The lowest BCUT2D eigenvalue weighted by molar-refractivity contribution is 0.0683. The third-order valence-electron chi connectivity index (χ3n) is 6.02. The van der Waals surface area contributed by atoms with Crippen molar-refractivity contribution in [2.45, 2.75) is 13.0 Å². The van der Waals surface area contributed by atoms with E-state index in [0.717, 1.165) is 6.07 Å². The maximum absolute atomic E-state index is 13.6. The van der Waals surface area contributed by atoms with Crippen molar-refractivity contribution < 1.29 is 28.2 Å². The van der Waals surface area contributed by atoms with Crippen molar-refractivity contribution in [3.8, 4) is 17.2 Å². The number of fused-ring (bicyclic) bond motifs is 1. The Morgan fingerprint density at radius 2 is 1.70 bits per heavy atom. The van der Waals surface area contributed by atoms with Gasteiger partial charge < -0.3 is 14.7 Å². The van der Waals surface area contributed by atoms with Crippen LogP contribution in [-0.4, -0.2) is 43.2 Å². The summed E-state index contributed by atoms with van der Waals surface area (Å²) in [6.07, 6.45) is 0.448. The number of carboxylic acid groups (broad SMARTS) is 1. The molecule has 1 aromatic heterocycles. The van der Waals surface area contributed by atoms with E-state index >= 15 is 0 Å². The number of nitrogens with one attached hydrogen (secondary N) is 1. The molecule has 14 heteroatoms. The number of carbonyl (C=O) groups is 2. The van der Waals surface area contributed by atoms with Crippen molar-refractivity contribution in [3.05, 3.63) is 113 Å². The number of nitrogens with zero attached hydrogens (tertiary/aromatic N) is 3. The molecule has 0 saturated carbocycles. The standard InChI is InChI=1S/C26H16Cl2F2N4O6/c27-19-9-16(34-26(39)31-23(35)21(32-34)25(37)38)10-20(28)22(19)40-17-1-2-18-13(7-17)3-4-33(24(18)36)11-12-5-14(29)8-15(30)6-12/h1-2,5-10H,3-4,11H2,(H,37,38)(H,31,35,39). The number of amides is 1. The molecule has 0 atom stereocenters. The molecule has 0 fully saturated rings. The molecule has 2 heterocycles. The first kappa shape index (κ1) is 27.0. The Balaban J connectivity index is 1.38. The van der Waals surface area contributed by atoms with Crippen LogP contribution in [0.2, 0.25) is 10.0 Å². The lowest BCUT2D eigenvalue weighted by Crippen LogP contribution is -2.37. The molecule has 0 unspecified atom stereocenters. The molecule has 0 spiro atoms. The Labute approximate surface area is 233 Å². The number of rotatable bonds is 6. The Hall–Kier alpha value is -4.55. The zero-order valence-electron chi connectivity index (χ0n) is 20.1. The monoisotopic (exact) mass is 588 g/mol. The number of hydrogen-bond donors (Lipinski definition) is 2. The van der Waals surface area contributed by atoms with Gasteiger partial charge in [0.25, 0.3) is 11.5 Å². The highest BCUT2D eigenvalue weighted by molar-refractivity contribution is 6.37. The summed E-state index contributed by atoms with van der Waals surface area (Å²) in [6.45, 7) is 0.354. The van der Waals surface area contributed by atoms with E-state index in [2.05, 4.69) is 5.10 Å². The summed E-state index contributed by atoms with van der Waals surface area (Å²) >= 11 is 12.7. The van der Waals surface area contributed by atoms with Gasteiger partial charge in [-0.05, 0) is 60.0 Å². The van der Waals surface area contributed by atoms with Gasteiger partial charge in [0, 0.05) is 24.7 Å². The molecule has 4 aromatic rings. The van der Waals surface area contributed by atoms with E-state index < -0.39 is 34.5 Å². The van der Waals surface area contributed by atoms with E-state index in [9.17, 15) is 28.0 Å². The molecule has 204 valence electrons. The molecular formula is C26H16Cl2F2N4O6. The summed E-state index contributed by atoms with van der Waals surface area (Å²) in [4.78, 5) is 51.5. The van der Waals surface area contributed by atoms with Gasteiger partial charge in [-0.25, -0.2) is 18.4 Å². The Morgan fingerprint density at radius 1 is 1.02 bits per heavy atom. The van der Waals surface area contributed by atoms with Gasteiger partial charge in [-0.3, -0.25) is 14.6 Å². The van der Waals surface area contributed by atoms with Gasteiger partial charge in [0.15, 0.2) is 5.75 Å². The maximum Gasteiger partial charge on any atom is 0.362 e. The van der Waals surface area contributed by atoms with Crippen LogP contribution in [0.3, 0.4) is 0 Å². The van der Waals surface area contributed by atoms with Gasteiger partial charge in [0.1, 0.15) is 17.4 Å². The molecule has 1 amide bonds. The third kappa shape index (κ3) is 5.31. The van der Waals surface area contributed by atoms with Crippen LogP contribution in [-0.2, 0) is 13.0 Å². The van der Waals surface area contributed by atoms with Gasteiger partial charge in [-0.1, -0.05) is 23.2 Å². The predicted molar refractivity (Wildman–Crippen MR) is 139 cm³/mol. The van der Waals surface area contributed by atoms with Crippen molar-refractivity contribution in [1.29, 1.82) is 0 Å². The van der Waals surface area contributed by atoms with Crippen LogP contribution in [0, 0.1) is 11.6 Å². The number of carboxylic acids is 1. The van der Waals surface area contributed by atoms with Crippen LogP contribution in [0.1, 0.15) is 32.0 Å².